The molecule has 0 spiro atoms. The zero-order valence-electron chi connectivity index (χ0n) is 27.5. The maximum atomic E-state index is 10.6. The zero-order valence-corrected chi connectivity index (χ0v) is 30.8. The van der Waals surface area contributed by atoms with Crippen LogP contribution >= 0.6 is 45.3 Å². The SMILES string of the molecule is CC[C@@H](C)NC.Cc1ccc(C[C@H](N)c2csc(-c3cccs3)n2)cc1.N[C@@H](Cc1ccc([N+](=O)[O-])cc1)c1csc(-c2cccs2)n1. The minimum atomic E-state index is -0.405. The van der Waals surface area contributed by atoms with Gasteiger partial charge >= 0.3 is 0 Å². The van der Waals surface area contributed by atoms with Gasteiger partial charge in [-0.15, -0.1) is 45.3 Å². The van der Waals surface area contributed by atoms with Crippen LogP contribution in [0.25, 0.3) is 19.8 Å². The Labute approximate surface area is 298 Å². The molecule has 0 aliphatic rings. The van der Waals surface area contributed by atoms with Gasteiger partial charge in [-0.2, -0.15) is 0 Å². The lowest BCUT2D eigenvalue weighted by Gasteiger charge is -2.09. The van der Waals surface area contributed by atoms with Crippen molar-refractivity contribution in [1.82, 2.24) is 15.3 Å². The van der Waals surface area contributed by atoms with Gasteiger partial charge in [0.15, 0.2) is 0 Å². The lowest BCUT2D eigenvalue weighted by molar-refractivity contribution is -0.384. The van der Waals surface area contributed by atoms with E-state index in [2.05, 4.69) is 77.1 Å². The molecule has 0 radical (unpaired) electrons. The van der Waals surface area contributed by atoms with Gasteiger partial charge in [0.25, 0.3) is 5.69 Å². The molecule has 5 N–H and O–H groups in total. The molecule has 252 valence electrons. The quantitative estimate of drug-likeness (QED) is 0.0898. The van der Waals surface area contributed by atoms with Crippen LogP contribution in [0.2, 0.25) is 0 Å². The van der Waals surface area contributed by atoms with E-state index in [1.54, 1.807) is 57.5 Å². The highest BCUT2D eigenvalue weighted by atomic mass is 32.1. The molecule has 0 saturated heterocycles. The molecule has 8 nitrogen and oxygen atoms in total. The standard InChI is InChI=1S/C16H16N2S2.C15H13N3O2S2.C5H13N/c1-11-4-6-12(7-5-11)9-13(17)14-10-20-16(18-14)15-3-2-8-19-15;16-12(8-10-3-5-11(6-4-10)18(19)20)13-9-22-15(17-13)14-2-1-7-21-14;1-4-5(2)6-3/h2-8,10,13H,9,17H2,1H3;1-7,9,12H,8,16H2;5-6H,4H2,1-3H3/t13-;12-;5-/m001/s1. The smallest absolute Gasteiger partial charge is 0.269 e. The van der Waals surface area contributed by atoms with Crippen LogP contribution in [-0.4, -0.2) is 28.0 Å². The molecule has 6 aromatic rings. The molecule has 2 aromatic carbocycles. The van der Waals surface area contributed by atoms with Gasteiger partial charge in [0, 0.05) is 28.9 Å². The van der Waals surface area contributed by atoms with Crippen molar-refractivity contribution < 1.29 is 4.92 Å². The van der Waals surface area contributed by atoms with Gasteiger partial charge in [0.2, 0.25) is 0 Å². The molecule has 0 aliphatic heterocycles. The molecule has 4 heterocycles. The number of nitrogens with zero attached hydrogens (tertiary/aromatic N) is 3. The minimum absolute atomic E-state index is 0.0392. The monoisotopic (exact) mass is 718 g/mol. The summed E-state index contributed by atoms with van der Waals surface area (Å²) in [6.45, 7) is 6.43. The third-order valence-corrected chi connectivity index (χ3v) is 11.4. The van der Waals surface area contributed by atoms with Crippen LogP contribution in [0, 0.1) is 17.0 Å². The summed E-state index contributed by atoms with van der Waals surface area (Å²) >= 11 is 6.62. The van der Waals surface area contributed by atoms with Crippen LogP contribution in [0.3, 0.4) is 0 Å². The van der Waals surface area contributed by atoms with E-state index >= 15 is 0 Å². The van der Waals surface area contributed by atoms with Gasteiger partial charge in [-0.1, -0.05) is 61.0 Å². The number of rotatable bonds is 11. The molecule has 4 aromatic heterocycles. The summed E-state index contributed by atoms with van der Waals surface area (Å²) in [5.74, 6) is 0. The van der Waals surface area contributed by atoms with Gasteiger partial charge in [-0.25, -0.2) is 9.97 Å². The molecule has 12 heteroatoms. The van der Waals surface area contributed by atoms with E-state index in [0.29, 0.717) is 12.5 Å². The Morgan fingerprint density at radius 3 is 1.58 bits per heavy atom. The average molecular weight is 719 g/mol. The van der Waals surface area contributed by atoms with E-state index in [4.69, 9.17) is 11.5 Å². The van der Waals surface area contributed by atoms with Crippen molar-refractivity contribution in [3.63, 3.8) is 0 Å². The third-order valence-electron chi connectivity index (χ3n) is 7.55. The van der Waals surface area contributed by atoms with Crippen LogP contribution in [0.5, 0.6) is 0 Å². The first-order valence-electron chi connectivity index (χ1n) is 15.6. The first kappa shape index (κ1) is 37.2. The predicted molar refractivity (Wildman–Crippen MR) is 205 cm³/mol. The van der Waals surface area contributed by atoms with Crippen molar-refractivity contribution in [3.8, 4) is 19.8 Å². The normalized spacial score (nSPS) is 12.6. The summed E-state index contributed by atoms with van der Waals surface area (Å²) in [5, 5.41) is 23.9. The Balaban J connectivity index is 0.000000186. The van der Waals surface area contributed by atoms with E-state index in [1.807, 2.05) is 36.0 Å². The first-order valence-corrected chi connectivity index (χ1v) is 19.1. The highest BCUT2D eigenvalue weighted by molar-refractivity contribution is 7.20. The first-order chi connectivity index (χ1) is 23.2. The topological polar surface area (TPSA) is 133 Å². The number of hydrogen-bond acceptors (Lipinski definition) is 11. The number of non-ortho nitro benzene ring substituents is 1. The van der Waals surface area contributed by atoms with Gasteiger partial charge in [0.05, 0.1) is 38.1 Å². The molecule has 0 amide bonds. The van der Waals surface area contributed by atoms with Crippen molar-refractivity contribution in [2.75, 3.05) is 7.05 Å². The van der Waals surface area contributed by atoms with Crippen LogP contribution in [0.15, 0.2) is 94.3 Å². The molecule has 0 bridgehead atoms. The summed E-state index contributed by atoms with van der Waals surface area (Å²) in [7, 11) is 1.98. The highest BCUT2D eigenvalue weighted by Crippen LogP contribution is 2.31. The molecule has 3 atom stereocenters. The molecule has 6 rings (SSSR count). The average Bonchev–Trinajstić information content (AvgIpc) is 3.93. The number of aryl methyl sites for hydroxylation is 1. The fourth-order valence-electron chi connectivity index (χ4n) is 4.34. The van der Waals surface area contributed by atoms with Crippen molar-refractivity contribution in [3.05, 3.63) is 133 Å². The van der Waals surface area contributed by atoms with E-state index in [1.165, 1.54) is 34.6 Å². The Morgan fingerprint density at radius 2 is 1.23 bits per heavy atom. The zero-order chi connectivity index (χ0) is 34.5. The fourth-order valence-corrected chi connectivity index (χ4v) is 7.74. The molecule has 0 unspecified atom stereocenters. The van der Waals surface area contributed by atoms with Gasteiger partial charge in [0.1, 0.15) is 10.0 Å². The third kappa shape index (κ3) is 11.2. The summed E-state index contributed by atoms with van der Waals surface area (Å²) in [6, 6.07) is 23.6. The molecule has 0 saturated carbocycles. The number of nitrogens with one attached hydrogen (secondary N) is 1. The largest absolute Gasteiger partial charge is 0.322 e. The Hall–Kier alpha value is -3.62. The number of benzene rings is 2. The Morgan fingerprint density at radius 1 is 0.771 bits per heavy atom. The molecule has 48 heavy (non-hydrogen) atoms. The number of aromatic nitrogens is 2. The molecule has 0 fully saturated rings. The number of nitro benzene ring substituents is 1. The fraction of sp³-hybridized carbons (Fsp3) is 0.278. The van der Waals surface area contributed by atoms with Gasteiger partial charge in [-0.05, 0) is 74.2 Å². The summed E-state index contributed by atoms with van der Waals surface area (Å²) in [5.41, 5.74) is 17.9. The summed E-state index contributed by atoms with van der Waals surface area (Å²) in [6.07, 6.45) is 2.65. The predicted octanol–water partition coefficient (Wildman–Crippen LogP) is 9.45. The van der Waals surface area contributed by atoms with Crippen LogP contribution in [0.4, 0.5) is 5.69 Å². The van der Waals surface area contributed by atoms with Crippen molar-refractivity contribution in [1.29, 1.82) is 0 Å². The summed E-state index contributed by atoms with van der Waals surface area (Å²) in [4.78, 5) is 21.8. The Kier molecular flexibility index (Phi) is 14.6. The van der Waals surface area contributed by atoms with E-state index < -0.39 is 4.92 Å². The van der Waals surface area contributed by atoms with Crippen molar-refractivity contribution >= 4 is 51.0 Å². The number of nitrogens with two attached hydrogens (primary N) is 2. The van der Waals surface area contributed by atoms with Crippen molar-refractivity contribution in [2.24, 2.45) is 11.5 Å². The van der Waals surface area contributed by atoms with Gasteiger partial charge in [-0.3, -0.25) is 10.1 Å². The second-order valence-electron chi connectivity index (χ2n) is 11.2. The second kappa shape index (κ2) is 18.8. The maximum Gasteiger partial charge on any atom is 0.269 e. The lowest BCUT2D eigenvalue weighted by Crippen LogP contribution is -2.19. The number of hydrogen-bond donors (Lipinski definition) is 3. The minimum Gasteiger partial charge on any atom is -0.322 e. The van der Waals surface area contributed by atoms with Crippen LogP contribution < -0.4 is 16.8 Å². The van der Waals surface area contributed by atoms with E-state index in [-0.39, 0.29) is 17.8 Å². The van der Waals surface area contributed by atoms with Crippen LogP contribution in [0.1, 0.15) is 60.4 Å². The van der Waals surface area contributed by atoms with Crippen LogP contribution in [-0.2, 0) is 12.8 Å². The Bertz CT molecular complexity index is 1780. The number of thiophene rings is 2. The van der Waals surface area contributed by atoms with Crippen molar-refractivity contribution in [2.45, 2.75) is 58.2 Å². The highest BCUT2D eigenvalue weighted by Gasteiger charge is 2.15. The number of thiazole rings is 2. The molecular weight excluding hydrogens is 677 g/mol. The maximum absolute atomic E-state index is 10.6. The lowest BCUT2D eigenvalue weighted by atomic mass is 10.0. The van der Waals surface area contributed by atoms with Gasteiger partial charge < -0.3 is 16.8 Å². The molecule has 0 aliphatic carbocycles. The number of nitro groups is 1. The second-order valence-corrected chi connectivity index (χ2v) is 14.8. The summed E-state index contributed by atoms with van der Waals surface area (Å²) < 4.78 is 0. The van der Waals surface area contributed by atoms with E-state index in [9.17, 15) is 10.1 Å². The molecular formula is C36H42N6O2S4. The van der Waals surface area contributed by atoms with E-state index in [0.717, 1.165) is 38.3 Å².